The van der Waals surface area contributed by atoms with E-state index in [1.54, 1.807) is 19.5 Å². The third-order valence-electron chi connectivity index (χ3n) is 2.75. The summed E-state index contributed by atoms with van der Waals surface area (Å²) in [6.07, 6.45) is 3.32. The SMILES string of the molecule is CNCc1ccc(C)cc1-c1nccnc1OC. The van der Waals surface area contributed by atoms with Crippen LogP contribution in [0.5, 0.6) is 5.88 Å². The molecule has 0 amide bonds. The van der Waals surface area contributed by atoms with Gasteiger partial charge in [0.05, 0.1) is 7.11 Å². The van der Waals surface area contributed by atoms with E-state index < -0.39 is 0 Å². The normalized spacial score (nSPS) is 10.4. The number of aryl methyl sites for hydroxylation is 1. The molecule has 0 radical (unpaired) electrons. The molecule has 0 unspecified atom stereocenters. The molecule has 2 rings (SSSR count). The maximum Gasteiger partial charge on any atom is 0.240 e. The fourth-order valence-corrected chi connectivity index (χ4v) is 1.91. The molecule has 0 aliphatic heterocycles. The van der Waals surface area contributed by atoms with Crippen LogP contribution in [0.1, 0.15) is 11.1 Å². The number of hydrogen-bond donors (Lipinski definition) is 1. The van der Waals surface area contributed by atoms with Gasteiger partial charge in [-0.2, -0.15) is 0 Å². The molecule has 94 valence electrons. The molecule has 4 nitrogen and oxygen atoms in total. The van der Waals surface area contributed by atoms with Gasteiger partial charge in [-0.25, -0.2) is 9.97 Å². The van der Waals surface area contributed by atoms with E-state index in [1.165, 1.54) is 11.1 Å². The Morgan fingerprint density at radius 3 is 2.72 bits per heavy atom. The van der Waals surface area contributed by atoms with E-state index >= 15 is 0 Å². The van der Waals surface area contributed by atoms with Crippen LogP contribution in [0.15, 0.2) is 30.6 Å². The molecule has 0 saturated heterocycles. The van der Waals surface area contributed by atoms with Gasteiger partial charge < -0.3 is 10.1 Å². The molecule has 0 aliphatic carbocycles. The molecule has 0 saturated carbocycles. The fraction of sp³-hybridized carbons (Fsp3) is 0.286. The van der Waals surface area contributed by atoms with E-state index in [1.807, 2.05) is 7.05 Å². The number of rotatable bonds is 4. The molecule has 1 aromatic heterocycles. The van der Waals surface area contributed by atoms with Gasteiger partial charge >= 0.3 is 0 Å². The molecule has 1 N–H and O–H groups in total. The number of benzene rings is 1. The van der Waals surface area contributed by atoms with Crippen molar-refractivity contribution in [1.29, 1.82) is 0 Å². The summed E-state index contributed by atoms with van der Waals surface area (Å²) in [5, 5.41) is 3.16. The Hall–Kier alpha value is -1.94. The highest BCUT2D eigenvalue weighted by Gasteiger charge is 2.12. The maximum atomic E-state index is 5.28. The van der Waals surface area contributed by atoms with E-state index in [9.17, 15) is 0 Å². The third-order valence-corrected chi connectivity index (χ3v) is 2.75. The van der Waals surface area contributed by atoms with E-state index in [-0.39, 0.29) is 0 Å². The summed E-state index contributed by atoms with van der Waals surface area (Å²) in [5.41, 5.74) is 4.22. The molecule has 0 spiro atoms. The van der Waals surface area contributed by atoms with Crippen LogP contribution in [0.3, 0.4) is 0 Å². The zero-order valence-electron chi connectivity index (χ0n) is 10.9. The lowest BCUT2D eigenvalue weighted by atomic mass is 10.0. The Morgan fingerprint density at radius 2 is 2.00 bits per heavy atom. The second-order valence-corrected chi connectivity index (χ2v) is 4.11. The summed E-state index contributed by atoms with van der Waals surface area (Å²) in [6, 6.07) is 6.31. The minimum Gasteiger partial charge on any atom is -0.479 e. The molecule has 1 heterocycles. The highest BCUT2D eigenvalue weighted by atomic mass is 16.5. The largest absolute Gasteiger partial charge is 0.479 e. The van der Waals surface area contributed by atoms with Crippen LogP contribution in [-0.2, 0) is 6.54 Å². The van der Waals surface area contributed by atoms with Gasteiger partial charge in [0.1, 0.15) is 5.69 Å². The van der Waals surface area contributed by atoms with E-state index in [0.717, 1.165) is 17.8 Å². The molecule has 18 heavy (non-hydrogen) atoms. The Labute approximate surface area is 107 Å². The van der Waals surface area contributed by atoms with Gasteiger partial charge in [0.25, 0.3) is 0 Å². The van der Waals surface area contributed by atoms with Crippen LogP contribution in [0.2, 0.25) is 0 Å². The van der Waals surface area contributed by atoms with Crippen molar-refractivity contribution in [3.05, 3.63) is 41.7 Å². The molecular weight excluding hydrogens is 226 g/mol. The zero-order valence-corrected chi connectivity index (χ0v) is 10.9. The summed E-state index contributed by atoms with van der Waals surface area (Å²) >= 11 is 0. The average Bonchev–Trinajstić information content (AvgIpc) is 2.41. The first-order valence-electron chi connectivity index (χ1n) is 5.85. The Bertz CT molecular complexity index is 540. The molecule has 0 fully saturated rings. The highest BCUT2D eigenvalue weighted by Crippen LogP contribution is 2.29. The van der Waals surface area contributed by atoms with Crippen LogP contribution in [0.25, 0.3) is 11.3 Å². The first-order valence-corrected chi connectivity index (χ1v) is 5.85. The minimum absolute atomic E-state index is 0.556. The number of methoxy groups -OCH3 is 1. The second-order valence-electron chi connectivity index (χ2n) is 4.11. The minimum atomic E-state index is 0.556. The zero-order chi connectivity index (χ0) is 13.0. The van der Waals surface area contributed by atoms with Crippen molar-refractivity contribution in [2.45, 2.75) is 13.5 Å². The van der Waals surface area contributed by atoms with Crippen molar-refractivity contribution in [1.82, 2.24) is 15.3 Å². The Morgan fingerprint density at radius 1 is 1.22 bits per heavy atom. The van der Waals surface area contributed by atoms with Gasteiger partial charge in [0.15, 0.2) is 0 Å². The maximum absolute atomic E-state index is 5.28. The predicted molar refractivity (Wildman–Crippen MR) is 71.5 cm³/mol. The van der Waals surface area contributed by atoms with Crippen molar-refractivity contribution in [2.24, 2.45) is 0 Å². The van der Waals surface area contributed by atoms with Gasteiger partial charge in [-0.1, -0.05) is 17.7 Å². The van der Waals surface area contributed by atoms with Crippen LogP contribution < -0.4 is 10.1 Å². The van der Waals surface area contributed by atoms with Crippen LogP contribution in [0, 0.1) is 6.92 Å². The number of nitrogens with one attached hydrogen (secondary N) is 1. The lowest BCUT2D eigenvalue weighted by Crippen LogP contribution is -2.07. The first kappa shape index (κ1) is 12.5. The van der Waals surface area contributed by atoms with Crippen molar-refractivity contribution in [2.75, 3.05) is 14.2 Å². The quantitative estimate of drug-likeness (QED) is 0.894. The Balaban J connectivity index is 2.57. The summed E-state index contributed by atoms with van der Waals surface area (Å²) in [5.74, 6) is 0.556. The van der Waals surface area contributed by atoms with Crippen molar-refractivity contribution in [3.8, 4) is 17.1 Å². The molecule has 4 heteroatoms. The van der Waals surface area contributed by atoms with Crippen molar-refractivity contribution in [3.63, 3.8) is 0 Å². The Kier molecular flexibility index (Phi) is 3.89. The molecule has 0 aliphatic rings. The van der Waals surface area contributed by atoms with Gasteiger partial charge in [-0.3, -0.25) is 0 Å². The fourth-order valence-electron chi connectivity index (χ4n) is 1.91. The lowest BCUT2D eigenvalue weighted by molar-refractivity contribution is 0.397. The summed E-state index contributed by atoms with van der Waals surface area (Å²) in [6.45, 7) is 2.85. The number of hydrogen-bond acceptors (Lipinski definition) is 4. The van der Waals surface area contributed by atoms with Crippen LogP contribution >= 0.6 is 0 Å². The lowest BCUT2D eigenvalue weighted by Gasteiger charge is -2.12. The van der Waals surface area contributed by atoms with Crippen LogP contribution in [0.4, 0.5) is 0 Å². The van der Waals surface area contributed by atoms with E-state index in [0.29, 0.717) is 5.88 Å². The standard InChI is InChI=1S/C14H17N3O/c1-10-4-5-11(9-15-2)12(8-10)13-14(18-3)17-7-6-16-13/h4-8,15H,9H2,1-3H3. The van der Waals surface area contributed by atoms with Gasteiger partial charge in [0, 0.05) is 24.5 Å². The van der Waals surface area contributed by atoms with Crippen LogP contribution in [-0.4, -0.2) is 24.1 Å². The number of nitrogens with zero attached hydrogens (tertiary/aromatic N) is 2. The summed E-state index contributed by atoms with van der Waals surface area (Å²) in [4.78, 5) is 8.59. The number of ether oxygens (including phenoxy) is 1. The molecule has 1 aromatic carbocycles. The summed E-state index contributed by atoms with van der Waals surface area (Å²) < 4.78 is 5.28. The van der Waals surface area contributed by atoms with Crippen molar-refractivity contribution < 1.29 is 4.74 Å². The van der Waals surface area contributed by atoms with E-state index in [2.05, 4.69) is 40.4 Å². The second kappa shape index (κ2) is 5.60. The van der Waals surface area contributed by atoms with Gasteiger partial charge in [-0.15, -0.1) is 0 Å². The molecule has 0 bridgehead atoms. The smallest absolute Gasteiger partial charge is 0.240 e. The number of aromatic nitrogens is 2. The van der Waals surface area contributed by atoms with E-state index in [4.69, 9.17) is 4.74 Å². The molecule has 2 aromatic rings. The predicted octanol–water partition coefficient (Wildman–Crippen LogP) is 2.18. The average molecular weight is 243 g/mol. The van der Waals surface area contributed by atoms with Gasteiger partial charge in [0.2, 0.25) is 5.88 Å². The summed E-state index contributed by atoms with van der Waals surface area (Å²) in [7, 11) is 3.54. The first-order chi connectivity index (χ1) is 8.76. The van der Waals surface area contributed by atoms with Crippen molar-refractivity contribution >= 4 is 0 Å². The third kappa shape index (κ3) is 2.49. The highest BCUT2D eigenvalue weighted by molar-refractivity contribution is 5.68. The molecular formula is C14H17N3O. The molecule has 0 atom stereocenters. The monoisotopic (exact) mass is 243 g/mol. The topological polar surface area (TPSA) is 47.0 Å². The van der Waals surface area contributed by atoms with Gasteiger partial charge in [-0.05, 0) is 25.6 Å².